The number of anilines is 1. The summed E-state index contributed by atoms with van der Waals surface area (Å²) in [6, 6.07) is 11.7. The number of carbonyl (C=O) groups is 1. The van der Waals surface area contributed by atoms with Crippen LogP contribution in [0.2, 0.25) is 0 Å². The highest BCUT2D eigenvalue weighted by Gasteiger charge is 2.18. The first-order chi connectivity index (χ1) is 11.3. The molecule has 24 heavy (non-hydrogen) atoms. The van der Waals surface area contributed by atoms with Gasteiger partial charge in [0.1, 0.15) is 5.82 Å². The second-order valence-electron chi connectivity index (χ2n) is 5.16. The minimum atomic E-state index is -3.55. The van der Waals surface area contributed by atoms with Crippen molar-refractivity contribution in [1.82, 2.24) is 0 Å². The molecule has 0 saturated carbocycles. The molecule has 0 bridgehead atoms. The molecule has 0 amide bonds. The molecule has 0 radical (unpaired) electrons. The Kier molecular flexibility index (Phi) is 5.56. The molecule has 0 saturated heterocycles. The van der Waals surface area contributed by atoms with Gasteiger partial charge in [-0.05, 0) is 48.9 Å². The average Bonchev–Trinajstić information content (AvgIpc) is 2.53. The SMILES string of the molecule is CCOC(=O)c1ccc(N(Cc2ccc(F)cc2)S(C)(=O)=O)cc1. The molecule has 2 aromatic carbocycles. The quantitative estimate of drug-likeness (QED) is 0.751. The molecule has 0 unspecified atom stereocenters. The van der Waals surface area contributed by atoms with E-state index in [-0.39, 0.29) is 19.0 Å². The number of benzene rings is 2. The zero-order valence-corrected chi connectivity index (χ0v) is 14.2. The molecular weight excluding hydrogens is 333 g/mol. The first-order valence-corrected chi connectivity index (χ1v) is 9.15. The van der Waals surface area contributed by atoms with Crippen molar-refractivity contribution >= 4 is 21.7 Å². The molecule has 0 atom stereocenters. The fourth-order valence-corrected chi connectivity index (χ4v) is 3.02. The molecule has 0 aliphatic rings. The molecule has 0 aliphatic heterocycles. The van der Waals surface area contributed by atoms with E-state index in [1.54, 1.807) is 6.92 Å². The standard InChI is InChI=1S/C17H18FNO4S/c1-3-23-17(20)14-6-10-16(11-7-14)19(24(2,21)22)12-13-4-8-15(18)9-5-13/h4-11H,3,12H2,1-2H3. The number of hydrogen-bond donors (Lipinski definition) is 0. The zero-order chi connectivity index (χ0) is 17.7. The summed E-state index contributed by atoms with van der Waals surface area (Å²) in [5, 5.41) is 0. The molecule has 2 rings (SSSR count). The van der Waals surface area contributed by atoms with E-state index < -0.39 is 16.0 Å². The van der Waals surface area contributed by atoms with Crippen molar-refractivity contribution in [2.75, 3.05) is 17.2 Å². The van der Waals surface area contributed by atoms with E-state index >= 15 is 0 Å². The topological polar surface area (TPSA) is 63.7 Å². The van der Waals surface area contributed by atoms with Gasteiger partial charge >= 0.3 is 5.97 Å². The third-order valence-corrected chi connectivity index (χ3v) is 4.45. The Hall–Kier alpha value is -2.41. The van der Waals surface area contributed by atoms with Crippen LogP contribution >= 0.6 is 0 Å². The number of halogens is 1. The molecule has 0 aromatic heterocycles. The summed E-state index contributed by atoms with van der Waals surface area (Å²) < 4.78 is 43.2. The summed E-state index contributed by atoms with van der Waals surface area (Å²) in [6.07, 6.45) is 1.09. The van der Waals surface area contributed by atoms with Crippen LogP contribution in [0.5, 0.6) is 0 Å². The van der Waals surface area contributed by atoms with Gasteiger partial charge in [0.25, 0.3) is 0 Å². The van der Waals surface area contributed by atoms with Crippen LogP contribution in [-0.2, 0) is 21.3 Å². The van der Waals surface area contributed by atoms with Crippen molar-refractivity contribution < 1.29 is 22.3 Å². The molecule has 0 N–H and O–H groups in total. The van der Waals surface area contributed by atoms with Crippen LogP contribution < -0.4 is 4.31 Å². The Morgan fingerprint density at radius 3 is 2.17 bits per heavy atom. The van der Waals surface area contributed by atoms with Crippen LogP contribution in [0.25, 0.3) is 0 Å². The van der Waals surface area contributed by atoms with E-state index in [9.17, 15) is 17.6 Å². The monoisotopic (exact) mass is 351 g/mol. The molecule has 7 heteroatoms. The maximum Gasteiger partial charge on any atom is 0.338 e. The molecule has 2 aromatic rings. The second kappa shape index (κ2) is 7.44. The largest absolute Gasteiger partial charge is 0.462 e. The number of sulfonamides is 1. The molecule has 0 aliphatic carbocycles. The second-order valence-corrected chi connectivity index (χ2v) is 7.07. The zero-order valence-electron chi connectivity index (χ0n) is 13.4. The summed E-state index contributed by atoms with van der Waals surface area (Å²) in [6.45, 7) is 2.04. The smallest absolute Gasteiger partial charge is 0.338 e. The minimum absolute atomic E-state index is 0.0673. The minimum Gasteiger partial charge on any atom is -0.462 e. The van der Waals surface area contributed by atoms with Gasteiger partial charge in [0.2, 0.25) is 10.0 Å². The van der Waals surface area contributed by atoms with Crippen LogP contribution in [0.1, 0.15) is 22.8 Å². The van der Waals surface area contributed by atoms with Crippen molar-refractivity contribution in [3.8, 4) is 0 Å². The van der Waals surface area contributed by atoms with E-state index in [2.05, 4.69) is 0 Å². The van der Waals surface area contributed by atoms with E-state index in [4.69, 9.17) is 4.74 Å². The lowest BCUT2D eigenvalue weighted by Gasteiger charge is -2.22. The van der Waals surface area contributed by atoms with Gasteiger partial charge in [-0.15, -0.1) is 0 Å². The van der Waals surface area contributed by atoms with Crippen LogP contribution in [-0.4, -0.2) is 27.2 Å². The van der Waals surface area contributed by atoms with E-state index in [1.807, 2.05) is 0 Å². The van der Waals surface area contributed by atoms with Gasteiger partial charge in [-0.25, -0.2) is 17.6 Å². The van der Waals surface area contributed by atoms with Crippen molar-refractivity contribution in [3.63, 3.8) is 0 Å². The van der Waals surface area contributed by atoms with Gasteiger partial charge in [0, 0.05) is 0 Å². The number of nitrogens with zero attached hydrogens (tertiary/aromatic N) is 1. The summed E-state index contributed by atoms with van der Waals surface area (Å²) in [4.78, 5) is 11.7. The number of esters is 1. The highest BCUT2D eigenvalue weighted by atomic mass is 32.2. The van der Waals surface area contributed by atoms with Gasteiger partial charge in [0.05, 0.1) is 30.7 Å². The lowest BCUT2D eigenvalue weighted by molar-refractivity contribution is 0.0526. The van der Waals surface area contributed by atoms with Gasteiger partial charge in [-0.3, -0.25) is 4.31 Å². The number of ether oxygens (including phenoxy) is 1. The van der Waals surface area contributed by atoms with Crippen molar-refractivity contribution in [2.24, 2.45) is 0 Å². The molecular formula is C17H18FNO4S. The molecule has 0 fully saturated rings. The summed E-state index contributed by atoms with van der Waals surface area (Å²) in [5.74, 6) is -0.850. The fourth-order valence-electron chi connectivity index (χ4n) is 2.13. The molecule has 5 nitrogen and oxygen atoms in total. The van der Waals surface area contributed by atoms with Crippen molar-refractivity contribution in [1.29, 1.82) is 0 Å². The van der Waals surface area contributed by atoms with Crippen molar-refractivity contribution in [3.05, 3.63) is 65.5 Å². The normalized spacial score (nSPS) is 11.1. The molecule has 0 heterocycles. The predicted octanol–water partition coefficient (Wildman–Crippen LogP) is 2.97. The average molecular weight is 351 g/mol. The van der Waals surface area contributed by atoms with Crippen LogP contribution in [0.15, 0.2) is 48.5 Å². The fraction of sp³-hybridized carbons (Fsp3) is 0.235. The van der Waals surface area contributed by atoms with Crippen LogP contribution in [0.3, 0.4) is 0 Å². The third-order valence-electron chi connectivity index (χ3n) is 3.31. The first kappa shape index (κ1) is 17.9. The summed E-state index contributed by atoms with van der Waals surface area (Å²) in [7, 11) is -3.55. The Balaban J connectivity index is 2.28. The molecule has 0 spiro atoms. The number of rotatable bonds is 6. The maximum absolute atomic E-state index is 13.0. The van der Waals surface area contributed by atoms with E-state index in [1.165, 1.54) is 52.8 Å². The lowest BCUT2D eigenvalue weighted by Crippen LogP contribution is -2.29. The maximum atomic E-state index is 13.0. The Morgan fingerprint density at radius 1 is 1.08 bits per heavy atom. The predicted molar refractivity (Wildman–Crippen MR) is 89.8 cm³/mol. The Bertz CT molecular complexity index is 801. The summed E-state index contributed by atoms with van der Waals surface area (Å²) >= 11 is 0. The van der Waals surface area contributed by atoms with Crippen LogP contribution in [0.4, 0.5) is 10.1 Å². The van der Waals surface area contributed by atoms with Crippen LogP contribution in [0, 0.1) is 5.82 Å². The van der Waals surface area contributed by atoms with Gasteiger partial charge in [-0.1, -0.05) is 12.1 Å². The number of hydrogen-bond acceptors (Lipinski definition) is 4. The van der Waals surface area contributed by atoms with Gasteiger partial charge in [-0.2, -0.15) is 0 Å². The van der Waals surface area contributed by atoms with Gasteiger partial charge in [0.15, 0.2) is 0 Å². The highest BCUT2D eigenvalue weighted by Crippen LogP contribution is 2.21. The lowest BCUT2D eigenvalue weighted by atomic mass is 10.2. The van der Waals surface area contributed by atoms with E-state index in [0.717, 1.165) is 6.26 Å². The highest BCUT2D eigenvalue weighted by molar-refractivity contribution is 7.92. The first-order valence-electron chi connectivity index (χ1n) is 7.30. The summed E-state index contributed by atoms with van der Waals surface area (Å²) in [5.41, 5.74) is 1.40. The number of carbonyl (C=O) groups excluding carboxylic acids is 1. The molecule has 128 valence electrons. The third kappa shape index (κ3) is 4.55. The van der Waals surface area contributed by atoms with Gasteiger partial charge < -0.3 is 4.74 Å². The van der Waals surface area contributed by atoms with E-state index in [0.29, 0.717) is 16.8 Å². The van der Waals surface area contributed by atoms with Crippen molar-refractivity contribution in [2.45, 2.75) is 13.5 Å². The Labute approximate surface area is 140 Å². The Morgan fingerprint density at radius 2 is 1.67 bits per heavy atom.